The summed E-state index contributed by atoms with van der Waals surface area (Å²) in [6.45, 7) is 16.4. The van der Waals surface area contributed by atoms with E-state index in [-0.39, 0.29) is 36.4 Å². The molecule has 0 aromatic heterocycles. The second-order valence-corrected chi connectivity index (χ2v) is 18.4. The van der Waals surface area contributed by atoms with Gasteiger partial charge in [-0.25, -0.2) is 0 Å². The van der Waals surface area contributed by atoms with E-state index in [2.05, 4.69) is 44.4 Å². The number of carbonyl (C=O) groups excluding carboxylic acids is 2. The van der Waals surface area contributed by atoms with Gasteiger partial charge in [-0.2, -0.15) is 0 Å². The minimum absolute atomic E-state index is 0.0272. The molecule has 2 fully saturated rings. The van der Waals surface area contributed by atoms with E-state index in [1.165, 1.54) is 116 Å². The van der Waals surface area contributed by atoms with E-state index in [0.717, 1.165) is 103 Å². The minimum atomic E-state index is -0.0941. The van der Waals surface area contributed by atoms with Crippen molar-refractivity contribution in [3.8, 4) is 0 Å². The molecule has 7 heteroatoms. The summed E-state index contributed by atoms with van der Waals surface area (Å²) in [5, 5.41) is 9.33. The Hall–Kier alpha value is -1.18. The summed E-state index contributed by atoms with van der Waals surface area (Å²) in [5.41, 5.74) is 0.378. The zero-order chi connectivity index (χ0) is 40.7. The van der Waals surface area contributed by atoms with Crippen molar-refractivity contribution < 1.29 is 24.2 Å². The molecule has 2 aliphatic rings. The summed E-state index contributed by atoms with van der Waals surface area (Å²) in [4.78, 5) is 32.8. The van der Waals surface area contributed by atoms with Crippen LogP contribution < -0.4 is 0 Å². The van der Waals surface area contributed by atoms with Crippen molar-refractivity contribution in [1.82, 2.24) is 9.80 Å². The lowest BCUT2D eigenvalue weighted by atomic mass is 9.71. The van der Waals surface area contributed by atoms with Crippen molar-refractivity contribution in [2.75, 3.05) is 46.0 Å². The van der Waals surface area contributed by atoms with Crippen LogP contribution in [0.5, 0.6) is 0 Å². The number of aliphatic hydroxyl groups is 1. The number of aliphatic hydroxyl groups excluding tert-OH is 1. The first-order valence-corrected chi connectivity index (χ1v) is 24.7. The summed E-state index contributed by atoms with van der Waals surface area (Å²) in [6.07, 6.45) is 34.6. The van der Waals surface area contributed by atoms with E-state index in [4.69, 9.17) is 9.47 Å². The van der Waals surface area contributed by atoms with Gasteiger partial charge in [-0.15, -0.1) is 0 Å². The fourth-order valence-corrected chi connectivity index (χ4v) is 9.46. The lowest BCUT2D eigenvalue weighted by Crippen LogP contribution is -2.52. The third kappa shape index (κ3) is 21.7. The van der Waals surface area contributed by atoms with E-state index in [0.29, 0.717) is 24.7 Å². The predicted molar refractivity (Wildman–Crippen MR) is 236 cm³/mol. The highest BCUT2D eigenvalue weighted by molar-refractivity contribution is 5.73. The zero-order valence-corrected chi connectivity index (χ0v) is 37.9. The first-order valence-electron chi connectivity index (χ1n) is 24.7. The van der Waals surface area contributed by atoms with Crippen molar-refractivity contribution in [3.63, 3.8) is 0 Å². The molecule has 3 atom stereocenters. The Bertz CT molecular complexity index is 895. The number of hydrogen-bond acceptors (Lipinski definition) is 7. The Morgan fingerprint density at radius 1 is 0.500 bits per heavy atom. The van der Waals surface area contributed by atoms with Crippen LogP contribution >= 0.6 is 0 Å². The molecule has 1 N–H and O–H groups in total. The number of rotatable bonds is 35. The second-order valence-electron chi connectivity index (χ2n) is 18.4. The number of ether oxygens (including phenoxy) is 2. The van der Waals surface area contributed by atoms with Crippen LogP contribution in [0.25, 0.3) is 0 Å². The molecule has 0 bridgehead atoms. The van der Waals surface area contributed by atoms with Gasteiger partial charge < -0.3 is 19.5 Å². The minimum Gasteiger partial charge on any atom is -0.464 e. The summed E-state index contributed by atoms with van der Waals surface area (Å²) in [7, 11) is 0. The first kappa shape index (κ1) is 51.0. The van der Waals surface area contributed by atoms with Crippen LogP contribution in [0.2, 0.25) is 0 Å². The molecule has 0 amide bonds. The van der Waals surface area contributed by atoms with Crippen LogP contribution in [-0.2, 0) is 19.1 Å². The van der Waals surface area contributed by atoms with Gasteiger partial charge in [0, 0.05) is 12.6 Å². The van der Waals surface area contributed by atoms with E-state index in [9.17, 15) is 14.7 Å². The maximum atomic E-state index is 13.8. The van der Waals surface area contributed by atoms with Gasteiger partial charge in [-0.05, 0) is 103 Å². The van der Waals surface area contributed by atoms with Crippen molar-refractivity contribution in [1.29, 1.82) is 0 Å². The van der Waals surface area contributed by atoms with Crippen molar-refractivity contribution in [2.45, 2.75) is 239 Å². The third-order valence-corrected chi connectivity index (χ3v) is 13.8. The van der Waals surface area contributed by atoms with Gasteiger partial charge in [0.05, 0.1) is 17.9 Å². The van der Waals surface area contributed by atoms with Crippen molar-refractivity contribution >= 4 is 11.9 Å². The molecular weight excluding hydrogens is 697 g/mol. The average molecular weight is 791 g/mol. The largest absolute Gasteiger partial charge is 0.464 e. The monoisotopic (exact) mass is 791 g/mol. The molecule has 2 heterocycles. The topological polar surface area (TPSA) is 79.3 Å². The number of esters is 2. The van der Waals surface area contributed by atoms with Gasteiger partial charge in [0.25, 0.3) is 0 Å². The van der Waals surface area contributed by atoms with Gasteiger partial charge >= 0.3 is 11.9 Å². The smallest absolute Gasteiger partial charge is 0.308 e. The van der Waals surface area contributed by atoms with E-state index in [1.807, 2.05) is 0 Å². The summed E-state index contributed by atoms with van der Waals surface area (Å²) in [5.74, 6) is -0.111. The third-order valence-electron chi connectivity index (χ3n) is 13.8. The van der Waals surface area contributed by atoms with Crippen LogP contribution in [-0.4, -0.2) is 84.9 Å². The Labute approximate surface area is 347 Å². The SMILES string of the molecule is CCCCCCCCC(CCCCCC)C(=O)OCC(COC(=O)C(CCCCCC)CCCCCCCC)N1CCC2(CCN(C(C)CCCO)CC2)CC1. The van der Waals surface area contributed by atoms with Gasteiger partial charge in [0.15, 0.2) is 0 Å². The van der Waals surface area contributed by atoms with E-state index >= 15 is 0 Å². The van der Waals surface area contributed by atoms with Crippen LogP contribution in [0.1, 0.15) is 227 Å². The van der Waals surface area contributed by atoms with Crippen molar-refractivity contribution in [3.05, 3.63) is 0 Å². The molecule has 0 saturated carbocycles. The highest BCUT2D eigenvalue weighted by Crippen LogP contribution is 2.42. The van der Waals surface area contributed by atoms with Gasteiger partial charge in [0.2, 0.25) is 0 Å². The summed E-state index contributed by atoms with van der Waals surface area (Å²) >= 11 is 0. The Morgan fingerprint density at radius 3 is 1.21 bits per heavy atom. The lowest BCUT2D eigenvalue weighted by molar-refractivity contribution is -0.156. The normalized spacial score (nSPS) is 18.5. The highest BCUT2D eigenvalue weighted by atomic mass is 16.5. The Balaban J connectivity index is 2.09. The maximum Gasteiger partial charge on any atom is 0.308 e. The standard InChI is InChI=1S/C49H94N2O5/c1-6-10-14-18-20-24-30-44(28-22-16-12-8-3)47(53)55-41-46(42-56-48(54)45(29-23-17-13-9-4)31-25-21-19-15-11-7-2)51-38-34-49(35-39-51)32-36-50(37-33-49)43(5)27-26-40-52/h43-46,52H,6-42H2,1-5H3. The quantitative estimate of drug-likeness (QED) is 0.0506. The molecule has 0 aromatic rings. The molecule has 2 rings (SSSR count). The molecule has 2 aliphatic heterocycles. The Morgan fingerprint density at radius 2 is 0.839 bits per heavy atom. The number of carbonyl (C=O) groups is 2. The first-order chi connectivity index (χ1) is 27.3. The summed E-state index contributed by atoms with van der Waals surface area (Å²) < 4.78 is 12.6. The zero-order valence-electron chi connectivity index (χ0n) is 37.9. The number of hydrogen-bond donors (Lipinski definition) is 1. The Kier molecular flexibility index (Phi) is 29.7. The van der Waals surface area contributed by atoms with Crippen LogP contribution in [0.3, 0.4) is 0 Å². The van der Waals surface area contributed by atoms with Gasteiger partial charge in [0.1, 0.15) is 13.2 Å². The fourth-order valence-electron chi connectivity index (χ4n) is 9.46. The van der Waals surface area contributed by atoms with Gasteiger partial charge in [-0.3, -0.25) is 14.5 Å². The van der Waals surface area contributed by atoms with Crippen LogP contribution in [0.15, 0.2) is 0 Å². The van der Waals surface area contributed by atoms with E-state index in [1.54, 1.807) is 0 Å². The molecule has 1 spiro atoms. The molecule has 7 nitrogen and oxygen atoms in total. The number of likely N-dealkylation sites (tertiary alicyclic amines) is 2. The number of unbranched alkanes of at least 4 members (excludes halogenated alkanes) is 16. The highest BCUT2D eigenvalue weighted by Gasteiger charge is 2.40. The molecule has 2 saturated heterocycles. The lowest BCUT2D eigenvalue weighted by Gasteiger charge is -2.49. The number of piperidine rings is 2. The molecule has 0 radical (unpaired) electrons. The molecule has 3 unspecified atom stereocenters. The second kappa shape index (κ2) is 32.6. The predicted octanol–water partition coefficient (Wildman–Crippen LogP) is 12.5. The van der Waals surface area contributed by atoms with Gasteiger partial charge in [-0.1, -0.05) is 156 Å². The van der Waals surface area contributed by atoms with Crippen LogP contribution in [0.4, 0.5) is 0 Å². The molecule has 330 valence electrons. The van der Waals surface area contributed by atoms with E-state index < -0.39 is 0 Å². The average Bonchev–Trinajstić information content (AvgIpc) is 3.21. The fraction of sp³-hybridized carbons (Fsp3) is 0.959. The molecule has 56 heavy (non-hydrogen) atoms. The van der Waals surface area contributed by atoms with Crippen LogP contribution in [0, 0.1) is 17.3 Å². The maximum absolute atomic E-state index is 13.8. The number of nitrogens with zero attached hydrogens (tertiary/aromatic N) is 2. The summed E-state index contributed by atoms with van der Waals surface area (Å²) in [6, 6.07) is 0.435. The molecule has 0 aliphatic carbocycles. The van der Waals surface area contributed by atoms with Crippen molar-refractivity contribution in [2.24, 2.45) is 17.3 Å². The molecule has 0 aromatic carbocycles. The molecular formula is C49H94N2O5.